The van der Waals surface area contributed by atoms with Crippen molar-refractivity contribution < 1.29 is 9.66 Å². The van der Waals surface area contributed by atoms with Crippen LogP contribution < -0.4 is 10.6 Å². The molecule has 0 bridgehead atoms. The van der Waals surface area contributed by atoms with Crippen molar-refractivity contribution >= 4 is 11.6 Å². The van der Waals surface area contributed by atoms with Crippen LogP contribution in [0.5, 0.6) is 0 Å². The van der Waals surface area contributed by atoms with E-state index in [9.17, 15) is 10.1 Å². The fourth-order valence-corrected chi connectivity index (χ4v) is 4.38. The van der Waals surface area contributed by atoms with E-state index >= 15 is 0 Å². The lowest BCUT2D eigenvalue weighted by Crippen LogP contribution is -2.60. The molecule has 1 saturated heterocycles. The van der Waals surface area contributed by atoms with Crippen molar-refractivity contribution in [1.82, 2.24) is 15.5 Å². The maximum atomic E-state index is 11.0. The van der Waals surface area contributed by atoms with Gasteiger partial charge in [-0.15, -0.1) is 0 Å². The number of nitrogens with one attached hydrogen (secondary N) is 2. The van der Waals surface area contributed by atoms with Crippen molar-refractivity contribution in [3.8, 4) is 0 Å². The minimum Gasteiger partial charge on any atom is -0.379 e. The van der Waals surface area contributed by atoms with Gasteiger partial charge in [-0.25, -0.2) is 4.99 Å². The number of nitro groups is 1. The molecule has 0 unspecified atom stereocenters. The van der Waals surface area contributed by atoms with Gasteiger partial charge in [0, 0.05) is 43.9 Å². The Balaban J connectivity index is 1.67. The Hall–Kier alpha value is -2.19. The normalized spacial score (nSPS) is 20.2. The van der Waals surface area contributed by atoms with Crippen LogP contribution in [0.1, 0.15) is 44.6 Å². The molecule has 3 rings (SSSR count). The summed E-state index contributed by atoms with van der Waals surface area (Å²) >= 11 is 0. The molecule has 29 heavy (non-hydrogen) atoms. The Morgan fingerprint density at radius 1 is 1.24 bits per heavy atom. The van der Waals surface area contributed by atoms with Gasteiger partial charge in [0.15, 0.2) is 5.96 Å². The van der Waals surface area contributed by atoms with E-state index in [4.69, 9.17) is 4.74 Å². The summed E-state index contributed by atoms with van der Waals surface area (Å²) in [5, 5.41) is 17.9. The lowest BCUT2D eigenvalue weighted by atomic mass is 9.80. The van der Waals surface area contributed by atoms with Gasteiger partial charge in [0.1, 0.15) is 0 Å². The highest BCUT2D eigenvalue weighted by molar-refractivity contribution is 5.79. The zero-order chi connectivity index (χ0) is 20.5. The Kier molecular flexibility index (Phi) is 7.83. The highest BCUT2D eigenvalue weighted by Crippen LogP contribution is 2.33. The van der Waals surface area contributed by atoms with Crippen LogP contribution in [0.3, 0.4) is 0 Å². The van der Waals surface area contributed by atoms with Crippen molar-refractivity contribution in [2.75, 3.05) is 39.4 Å². The lowest BCUT2D eigenvalue weighted by Gasteiger charge is -2.48. The maximum Gasteiger partial charge on any atom is 0.269 e. The fourth-order valence-electron chi connectivity index (χ4n) is 4.38. The van der Waals surface area contributed by atoms with Gasteiger partial charge in [-0.05, 0) is 25.3 Å². The Morgan fingerprint density at radius 3 is 2.69 bits per heavy atom. The summed E-state index contributed by atoms with van der Waals surface area (Å²) in [4.78, 5) is 17.9. The number of nitro benzene ring substituents is 1. The van der Waals surface area contributed by atoms with Crippen LogP contribution in [0.2, 0.25) is 0 Å². The molecular formula is C21H33N5O3. The van der Waals surface area contributed by atoms with Gasteiger partial charge in [-0.1, -0.05) is 31.4 Å². The topological polar surface area (TPSA) is 92.0 Å². The summed E-state index contributed by atoms with van der Waals surface area (Å²) in [6, 6.07) is 6.67. The number of hydrogen-bond donors (Lipinski definition) is 2. The maximum absolute atomic E-state index is 11.0. The van der Waals surface area contributed by atoms with Crippen LogP contribution in [-0.4, -0.2) is 60.7 Å². The SMILES string of the molecule is CCNC(=NCc1cccc([N+](=O)[O-])c1)NCC1(N2CCOCC2)CCCCC1. The summed E-state index contributed by atoms with van der Waals surface area (Å²) < 4.78 is 5.57. The van der Waals surface area contributed by atoms with E-state index in [0.717, 1.165) is 50.9 Å². The minimum atomic E-state index is -0.369. The number of ether oxygens (including phenoxy) is 1. The zero-order valence-corrected chi connectivity index (χ0v) is 17.4. The van der Waals surface area contributed by atoms with Crippen molar-refractivity contribution in [3.05, 3.63) is 39.9 Å². The predicted octanol–water partition coefficient (Wildman–Crippen LogP) is 2.69. The largest absolute Gasteiger partial charge is 0.379 e. The van der Waals surface area contributed by atoms with Crippen molar-refractivity contribution in [2.24, 2.45) is 4.99 Å². The smallest absolute Gasteiger partial charge is 0.269 e. The second-order valence-corrected chi connectivity index (χ2v) is 7.86. The molecule has 2 N–H and O–H groups in total. The van der Waals surface area contributed by atoms with E-state index < -0.39 is 0 Å². The number of guanidine groups is 1. The van der Waals surface area contributed by atoms with Gasteiger partial charge >= 0.3 is 0 Å². The molecule has 8 heteroatoms. The third-order valence-corrected chi connectivity index (χ3v) is 5.94. The molecule has 0 aromatic heterocycles. The first-order valence-electron chi connectivity index (χ1n) is 10.7. The number of rotatable bonds is 7. The van der Waals surface area contributed by atoms with Gasteiger partial charge in [0.05, 0.1) is 24.7 Å². The highest BCUT2D eigenvalue weighted by Gasteiger charge is 2.38. The van der Waals surface area contributed by atoms with Crippen molar-refractivity contribution in [3.63, 3.8) is 0 Å². The van der Waals surface area contributed by atoms with E-state index in [1.165, 1.54) is 38.2 Å². The van der Waals surface area contributed by atoms with E-state index in [2.05, 4.69) is 20.5 Å². The average Bonchev–Trinajstić information content (AvgIpc) is 2.77. The van der Waals surface area contributed by atoms with Gasteiger partial charge in [0.2, 0.25) is 0 Å². The van der Waals surface area contributed by atoms with Crippen molar-refractivity contribution in [1.29, 1.82) is 0 Å². The summed E-state index contributed by atoms with van der Waals surface area (Å²) in [5.74, 6) is 0.761. The number of hydrogen-bond acceptors (Lipinski definition) is 5. The second kappa shape index (κ2) is 10.5. The Morgan fingerprint density at radius 2 is 2.00 bits per heavy atom. The monoisotopic (exact) mass is 403 g/mol. The lowest BCUT2D eigenvalue weighted by molar-refractivity contribution is -0.384. The quantitative estimate of drug-likeness (QED) is 0.315. The number of benzene rings is 1. The number of non-ortho nitro benzene ring substituents is 1. The number of nitrogens with zero attached hydrogens (tertiary/aromatic N) is 3. The average molecular weight is 404 g/mol. The minimum absolute atomic E-state index is 0.101. The van der Waals surface area contributed by atoms with Gasteiger partial charge < -0.3 is 15.4 Å². The first kappa shape index (κ1) is 21.5. The van der Waals surface area contributed by atoms with Crippen LogP contribution in [0.4, 0.5) is 5.69 Å². The second-order valence-electron chi connectivity index (χ2n) is 7.86. The van der Waals surface area contributed by atoms with Gasteiger partial charge in [0.25, 0.3) is 5.69 Å². The summed E-state index contributed by atoms with van der Waals surface area (Å²) in [6.07, 6.45) is 6.24. The first-order chi connectivity index (χ1) is 14.1. The third-order valence-electron chi connectivity index (χ3n) is 5.94. The van der Waals surface area contributed by atoms with E-state index in [1.54, 1.807) is 12.1 Å². The zero-order valence-electron chi connectivity index (χ0n) is 17.4. The fraction of sp³-hybridized carbons (Fsp3) is 0.667. The molecule has 0 atom stereocenters. The third kappa shape index (κ3) is 5.90. The molecule has 1 aliphatic heterocycles. The summed E-state index contributed by atoms with van der Waals surface area (Å²) in [6.45, 7) is 7.67. The molecule has 1 saturated carbocycles. The van der Waals surface area contributed by atoms with Gasteiger partial charge in [-0.2, -0.15) is 0 Å². The molecule has 0 amide bonds. The summed E-state index contributed by atoms with van der Waals surface area (Å²) in [5.41, 5.74) is 1.09. The number of aliphatic imine (C=N–C) groups is 1. The van der Waals surface area contributed by atoms with E-state index in [-0.39, 0.29) is 16.1 Å². The van der Waals surface area contributed by atoms with Crippen LogP contribution in [0, 0.1) is 10.1 Å². The predicted molar refractivity (Wildman–Crippen MR) is 114 cm³/mol. The van der Waals surface area contributed by atoms with E-state index in [1.807, 2.05) is 13.0 Å². The summed E-state index contributed by atoms with van der Waals surface area (Å²) in [7, 11) is 0. The molecule has 8 nitrogen and oxygen atoms in total. The van der Waals surface area contributed by atoms with Crippen molar-refractivity contribution in [2.45, 2.75) is 51.1 Å². The first-order valence-corrected chi connectivity index (χ1v) is 10.7. The Labute approximate surface area is 172 Å². The standard InChI is InChI=1S/C21H33N5O3/c1-2-22-20(23-16-18-7-6-8-19(15-18)26(27)28)24-17-21(9-4-3-5-10-21)25-11-13-29-14-12-25/h6-8,15H,2-5,9-14,16-17H2,1H3,(H2,22,23,24). The molecule has 1 heterocycles. The van der Waals surface area contributed by atoms with Crippen LogP contribution >= 0.6 is 0 Å². The molecule has 160 valence electrons. The number of morpholine rings is 1. The van der Waals surface area contributed by atoms with Gasteiger partial charge in [-0.3, -0.25) is 15.0 Å². The molecule has 1 aromatic carbocycles. The van der Waals surface area contributed by atoms with Crippen LogP contribution in [0.25, 0.3) is 0 Å². The molecule has 2 aliphatic rings. The molecule has 1 aliphatic carbocycles. The molecule has 0 radical (unpaired) electrons. The highest BCUT2D eigenvalue weighted by atomic mass is 16.6. The van der Waals surface area contributed by atoms with E-state index in [0.29, 0.717) is 6.54 Å². The molecule has 1 aromatic rings. The molecule has 0 spiro atoms. The van der Waals surface area contributed by atoms with Crippen LogP contribution in [0.15, 0.2) is 29.3 Å². The van der Waals surface area contributed by atoms with Crippen LogP contribution in [-0.2, 0) is 11.3 Å². The molecular weight excluding hydrogens is 370 g/mol. The Bertz CT molecular complexity index is 697. The molecule has 2 fully saturated rings.